The predicted molar refractivity (Wildman–Crippen MR) is 77.9 cm³/mol. The lowest BCUT2D eigenvalue weighted by Crippen LogP contribution is -2.22. The van der Waals surface area contributed by atoms with Crippen LogP contribution >= 0.6 is 0 Å². The molecule has 1 aromatic carbocycles. The van der Waals surface area contributed by atoms with Crippen molar-refractivity contribution >= 4 is 22.8 Å². The van der Waals surface area contributed by atoms with Crippen LogP contribution in [0.5, 0.6) is 0 Å². The molecule has 0 bridgehead atoms. The molecule has 0 aliphatic heterocycles. The largest absolute Gasteiger partial charge is 0.494 e. The summed E-state index contributed by atoms with van der Waals surface area (Å²) in [6.07, 6.45) is 3.43. The topological polar surface area (TPSA) is 83.5 Å². The summed E-state index contributed by atoms with van der Waals surface area (Å²) in [4.78, 5) is 4.52. The number of aliphatic imine (C=N–C) groups is 1. The molecule has 0 amide bonds. The van der Waals surface area contributed by atoms with E-state index in [0.717, 1.165) is 17.1 Å². The van der Waals surface area contributed by atoms with Crippen LogP contribution in [0, 0.1) is 5.41 Å². The first-order chi connectivity index (χ1) is 9.13. The third-order valence-electron chi connectivity index (χ3n) is 2.73. The van der Waals surface area contributed by atoms with Crippen LogP contribution < -0.4 is 11.1 Å². The minimum Gasteiger partial charge on any atom is -0.494 e. The second-order valence-electron chi connectivity index (χ2n) is 4.02. The molecule has 5 nitrogen and oxygen atoms in total. The second kappa shape index (κ2) is 5.39. The van der Waals surface area contributed by atoms with Crippen molar-refractivity contribution in [3.63, 3.8) is 0 Å². The highest BCUT2D eigenvalue weighted by Crippen LogP contribution is 2.19. The van der Waals surface area contributed by atoms with E-state index in [1.807, 2.05) is 12.1 Å². The molecular formula is C14H16N4O. The molecule has 19 heavy (non-hydrogen) atoms. The van der Waals surface area contributed by atoms with Gasteiger partial charge in [0, 0.05) is 18.8 Å². The van der Waals surface area contributed by atoms with Crippen LogP contribution in [0.2, 0.25) is 0 Å². The Morgan fingerprint density at radius 3 is 2.47 bits per heavy atom. The number of nitrogens with two attached hydrogens (primary N) is 1. The normalized spacial score (nSPS) is 16.9. The van der Waals surface area contributed by atoms with E-state index in [1.54, 1.807) is 38.4 Å². The molecule has 0 fully saturated rings. The fourth-order valence-corrected chi connectivity index (χ4v) is 1.72. The van der Waals surface area contributed by atoms with Gasteiger partial charge in [0.05, 0.1) is 29.9 Å². The Balaban J connectivity index is 2.40. The fourth-order valence-electron chi connectivity index (χ4n) is 1.72. The van der Waals surface area contributed by atoms with Gasteiger partial charge < -0.3 is 15.8 Å². The summed E-state index contributed by atoms with van der Waals surface area (Å²) in [6, 6.07) is 7.29. The summed E-state index contributed by atoms with van der Waals surface area (Å²) in [7, 11) is 3.34. The third kappa shape index (κ3) is 2.82. The average molecular weight is 256 g/mol. The van der Waals surface area contributed by atoms with Crippen molar-refractivity contribution in [1.29, 1.82) is 5.41 Å². The highest BCUT2D eigenvalue weighted by Gasteiger charge is 2.15. The molecule has 0 saturated carbocycles. The van der Waals surface area contributed by atoms with Crippen LogP contribution in [0.1, 0.15) is 0 Å². The van der Waals surface area contributed by atoms with Crippen LogP contribution in [0.3, 0.4) is 0 Å². The first kappa shape index (κ1) is 12.9. The van der Waals surface area contributed by atoms with Gasteiger partial charge in [-0.25, -0.2) is 4.99 Å². The molecule has 1 aliphatic carbocycles. The molecule has 1 aliphatic rings. The van der Waals surface area contributed by atoms with Crippen molar-refractivity contribution in [2.45, 2.75) is 0 Å². The summed E-state index contributed by atoms with van der Waals surface area (Å²) in [5.41, 5.74) is 8.97. The summed E-state index contributed by atoms with van der Waals surface area (Å²) < 4.78 is 5.15. The Kier molecular flexibility index (Phi) is 3.66. The second-order valence-corrected chi connectivity index (χ2v) is 4.02. The molecule has 0 radical (unpaired) electrons. The first-order valence-corrected chi connectivity index (χ1v) is 5.82. The Bertz CT molecular complexity index is 582. The van der Waals surface area contributed by atoms with Gasteiger partial charge in [-0.2, -0.15) is 0 Å². The van der Waals surface area contributed by atoms with Gasteiger partial charge in [-0.1, -0.05) is 0 Å². The molecule has 4 N–H and O–H groups in total. The van der Waals surface area contributed by atoms with Gasteiger partial charge in [-0.15, -0.1) is 0 Å². The van der Waals surface area contributed by atoms with Gasteiger partial charge in [0.15, 0.2) is 0 Å². The molecule has 0 unspecified atom stereocenters. The summed E-state index contributed by atoms with van der Waals surface area (Å²) in [5, 5.41) is 10.8. The third-order valence-corrected chi connectivity index (χ3v) is 2.73. The van der Waals surface area contributed by atoms with E-state index in [0.29, 0.717) is 17.2 Å². The zero-order valence-corrected chi connectivity index (χ0v) is 10.9. The fraction of sp³-hybridized carbons (Fsp3) is 0.143. The number of methoxy groups -OCH3 is 1. The van der Waals surface area contributed by atoms with E-state index in [-0.39, 0.29) is 0 Å². The first-order valence-electron chi connectivity index (χ1n) is 5.82. The van der Waals surface area contributed by atoms with Crippen LogP contribution in [0.25, 0.3) is 0 Å². The van der Waals surface area contributed by atoms with Crippen LogP contribution in [-0.4, -0.2) is 25.6 Å². The maximum absolute atomic E-state index is 7.80. The molecule has 2 rings (SSSR count). The molecule has 5 heteroatoms. The van der Waals surface area contributed by atoms with E-state index in [1.165, 1.54) is 0 Å². The van der Waals surface area contributed by atoms with Crippen LogP contribution in [0.15, 0.2) is 52.9 Å². The van der Waals surface area contributed by atoms with E-state index < -0.39 is 0 Å². The number of anilines is 1. The van der Waals surface area contributed by atoms with Gasteiger partial charge in [0.25, 0.3) is 0 Å². The Morgan fingerprint density at radius 1 is 1.21 bits per heavy atom. The highest BCUT2D eigenvalue weighted by molar-refractivity contribution is 6.22. The number of benzene rings is 1. The molecule has 0 aromatic heterocycles. The molecule has 98 valence electrons. The van der Waals surface area contributed by atoms with Gasteiger partial charge in [0.2, 0.25) is 0 Å². The van der Waals surface area contributed by atoms with Gasteiger partial charge in [-0.3, -0.25) is 5.41 Å². The molecular weight excluding hydrogens is 240 g/mol. The zero-order valence-electron chi connectivity index (χ0n) is 10.9. The smallest absolute Gasteiger partial charge is 0.146 e. The maximum Gasteiger partial charge on any atom is 0.146 e. The summed E-state index contributed by atoms with van der Waals surface area (Å²) in [5.74, 6) is 0.494. The molecule has 0 spiro atoms. The van der Waals surface area contributed by atoms with E-state index in [4.69, 9.17) is 15.9 Å². The van der Waals surface area contributed by atoms with Crippen molar-refractivity contribution in [3.05, 3.63) is 47.9 Å². The van der Waals surface area contributed by atoms with Crippen molar-refractivity contribution < 1.29 is 4.74 Å². The lowest BCUT2D eigenvalue weighted by Gasteiger charge is -2.15. The minimum atomic E-state index is 0.322. The number of nitrogen functional groups attached to an aromatic ring is 1. The standard InChI is InChI=1S/C14H16N4O/c1-17-12-7-11(16)14(19-2)8-13(12)18-10-5-3-9(15)4-6-10/h3-8,16-17H,15H2,1-2H3/b16-11?,18-13-. The van der Waals surface area contributed by atoms with Gasteiger partial charge in [0.1, 0.15) is 5.76 Å². The number of allylic oxidation sites excluding steroid dienone is 2. The van der Waals surface area contributed by atoms with E-state index >= 15 is 0 Å². The Labute approximate surface area is 112 Å². The number of nitrogens with one attached hydrogen (secondary N) is 2. The SMILES string of the molecule is CNC1=CC(=N)C(OC)=C/C1=N/c1ccc(N)cc1. The number of hydrogen-bond donors (Lipinski definition) is 3. The number of rotatable bonds is 3. The zero-order chi connectivity index (χ0) is 13.8. The lowest BCUT2D eigenvalue weighted by atomic mass is 10.1. The number of nitrogens with zero attached hydrogens (tertiary/aromatic N) is 1. The van der Waals surface area contributed by atoms with Crippen molar-refractivity contribution in [2.24, 2.45) is 4.99 Å². The molecule has 1 aromatic rings. The number of hydrogen-bond acceptors (Lipinski definition) is 5. The lowest BCUT2D eigenvalue weighted by molar-refractivity contribution is 0.315. The highest BCUT2D eigenvalue weighted by atomic mass is 16.5. The van der Waals surface area contributed by atoms with Gasteiger partial charge in [-0.05, 0) is 30.3 Å². The average Bonchev–Trinajstić information content (AvgIpc) is 2.42. The van der Waals surface area contributed by atoms with Crippen molar-refractivity contribution in [2.75, 3.05) is 19.9 Å². The van der Waals surface area contributed by atoms with Crippen LogP contribution in [0.4, 0.5) is 11.4 Å². The minimum absolute atomic E-state index is 0.322. The van der Waals surface area contributed by atoms with Gasteiger partial charge >= 0.3 is 0 Å². The van der Waals surface area contributed by atoms with E-state index in [2.05, 4.69) is 10.3 Å². The molecule has 0 heterocycles. The summed E-state index contributed by atoms with van der Waals surface area (Å²) in [6.45, 7) is 0. The maximum atomic E-state index is 7.80. The summed E-state index contributed by atoms with van der Waals surface area (Å²) >= 11 is 0. The Hall–Kier alpha value is -2.56. The quantitative estimate of drug-likeness (QED) is 0.571. The predicted octanol–water partition coefficient (Wildman–Crippen LogP) is 2.01. The van der Waals surface area contributed by atoms with Crippen molar-refractivity contribution in [3.8, 4) is 0 Å². The van der Waals surface area contributed by atoms with Crippen LogP contribution in [-0.2, 0) is 4.74 Å². The molecule has 0 atom stereocenters. The number of ether oxygens (including phenoxy) is 1. The van der Waals surface area contributed by atoms with E-state index in [9.17, 15) is 0 Å². The van der Waals surface area contributed by atoms with Crippen molar-refractivity contribution in [1.82, 2.24) is 5.32 Å². The molecule has 0 saturated heterocycles. The Morgan fingerprint density at radius 2 is 1.89 bits per heavy atom. The monoisotopic (exact) mass is 256 g/mol.